The number of carbonyl (C=O) groups excluding carboxylic acids is 3. The van der Waals surface area contributed by atoms with Gasteiger partial charge in [0, 0.05) is 18.7 Å². The average molecular weight is 394 g/mol. The molecule has 152 valence electrons. The number of hydrogen-bond donors (Lipinski definition) is 1. The number of hydrogen-bond acceptors (Lipinski definition) is 4. The van der Waals surface area contributed by atoms with Crippen LogP contribution in [-0.4, -0.2) is 30.9 Å². The van der Waals surface area contributed by atoms with Crippen LogP contribution in [0.25, 0.3) is 0 Å². The van der Waals surface area contributed by atoms with Gasteiger partial charge in [-0.1, -0.05) is 38.1 Å². The van der Waals surface area contributed by atoms with Crippen molar-refractivity contribution in [1.82, 2.24) is 0 Å². The number of para-hydroxylation sites is 1. The van der Waals surface area contributed by atoms with Gasteiger partial charge in [-0.25, -0.2) is 4.79 Å². The molecule has 3 rings (SSSR count). The molecule has 1 aliphatic rings. The Morgan fingerprint density at radius 2 is 1.83 bits per heavy atom. The lowest BCUT2D eigenvalue weighted by atomic mass is 10.0. The van der Waals surface area contributed by atoms with Crippen molar-refractivity contribution in [3.05, 3.63) is 59.7 Å². The van der Waals surface area contributed by atoms with Gasteiger partial charge in [-0.3, -0.25) is 9.59 Å². The van der Waals surface area contributed by atoms with E-state index in [9.17, 15) is 14.4 Å². The molecular weight excluding hydrogens is 368 g/mol. The highest BCUT2D eigenvalue weighted by molar-refractivity contribution is 6.06. The van der Waals surface area contributed by atoms with Crippen LogP contribution in [0.4, 0.5) is 11.4 Å². The first kappa shape index (κ1) is 20.6. The smallest absolute Gasteiger partial charge is 0.340 e. The molecule has 0 saturated carbocycles. The Bertz CT molecular complexity index is 905. The Hall–Kier alpha value is -3.15. The monoisotopic (exact) mass is 394 g/mol. The molecule has 2 aromatic carbocycles. The summed E-state index contributed by atoms with van der Waals surface area (Å²) in [6.45, 7) is 6.52. The topological polar surface area (TPSA) is 75.7 Å². The molecule has 2 aromatic rings. The van der Waals surface area contributed by atoms with Gasteiger partial charge in [0.05, 0.1) is 23.8 Å². The van der Waals surface area contributed by atoms with Crippen molar-refractivity contribution in [2.75, 3.05) is 23.4 Å². The summed E-state index contributed by atoms with van der Waals surface area (Å²) in [5.74, 6) is -0.922. The minimum Gasteiger partial charge on any atom is -0.462 e. The minimum atomic E-state index is -0.488. The first-order chi connectivity index (χ1) is 13.9. The number of carbonyl (C=O) groups is 3. The second kappa shape index (κ2) is 8.90. The van der Waals surface area contributed by atoms with Gasteiger partial charge in [0.1, 0.15) is 0 Å². The number of benzene rings is 2. The van der Waals surface area contributed by atoms with Crippen molar-refractivity contribution in [2.45, 2.75) is 33.1 Å². The molecule has 1 heterocycles. The molecule has 1 saturated heterocycles. The maximum absolute atomic E-state index is 12.8. The third-order valence-corrected chi connectivity index (χ3v) is 5.05. The standard InChI is InChI=1S/C23H26N2O4/c1-4-29-23(28)19-7-5-6-8-20(19)24-22(27)17-13-21(26)25(14-17)18-11-9-16(10-12-18)15(2)3/h5-12,15,17H,4,13-14H2,1-3H3,(H,24,27). The molecule has 0 aliphatic carbocycles. The number of ether oxygens (including phenoxy) is 1. The average Bonchev–Trinajstić information content (AvgIpc) is 3.10. The zero-order valence-corrected chi connectivity index (χ0v) is 17.0. The maximum atomic E-state index is 12.8. The summed E-state index contributed by atoms with van der Waals surface area (Å²) < 4.78 is 5.04. The van der Waals surface area contributed by atoms with Crippen LogP contribution in [0.2, 0.25) is 0 Å². The van der Waals surface area contributed by atoms with Crippen LogP contribution >= 0.6 is 0 Å². The van der Waals surface area contributed by atoms with E-state index in [4.69, 9.17) is 4.74 Å². The van der Waals surface area contributed by atoms with Crippen molar-refractivity contribution in [2.24, 2.45) is 5.92 Å². The molecule has 2 amide bonds. The van der Waals surface area contributed by atoms with E-state index in [-0.39, 0.29) is 24.8 Å². The van der Waals surface area contributed by atoms with Crippen molar-refractivity contribution in [3.8, 4) is 0 Å². The molecule has 1 fully saturated rings. The molecule has 6 nitrogen and oxygen atoms in total. The Balaban J connectivity index is 1.70. The lowest BCUT2D eigenvalue weighted by Gasteiger charge is -2.18. The summed E-state index contributed by atoms with van der Waals surface area (Å²) in [6.07, 6.45) is 0.138. The number of rotatable bonds is 6. The fraction of sp³-hybridized carbons (Fsp3) is 0.348. The van der Waals surface area contributed by atoms with Gasteiger partial charge in [0.25, 0.3) is 0 Å². The molecule has 1 unspecified atom stereocenters. The van der Waals surface area contributed by atoms with E-state index in [1.807, 2.05) is 24.3 Å². The van der Waals surface area contributed by atoms with Crippen LogP contribution in [0.3, 0.4) is 0 Å². The molecule has 1 N–H and O–H groups in total. The van der Waals surface area contributed by atoms with E-state index >= 15 is 0 Å². The van der Waals surface area contributed by atoms with Gasteiger partial charge < -0.3 is 15.0 Å². The molecule has 1 atom stereocenters. The number of amides is 2. The lowest BCUT2D eigenvalue weighted by molar-refractivity contribution is -0.122. The van der Waals surface area contributed by atoms with E-state index in [1.165, 1.54) is 5.56 Å². The predicted octanol–water partition coefficient (Wildman–Crippen LogP) is 3.98. The highest BCUT2D eigenvalue weighted by Gasteiger charge is 2.35. The van der Waals surface area contributed by atoms with Gasteiger partial charge in [-0.15, -0.1) is 0 Å². The van der Waals surface area contributed by atoms with E-state index in [0.717, 1.165) is 5.69 Å². The third-order valence-electron chi connectivity index (χ3n) is 5.05. The first-order valence-corrected chi connectivity index (χ1v) is 9.88. The summed E-state index contributed by atoms with van der Waals surface area (Å²) in [7, 11) is 0. The van der Waals surface area contributed by atoms with Crippen molar-refractivity contribution < 1.29 is 19.1 Å². The molecule has 0 aromatic heterocycles. The van der Waals surface area contributed by atoms with Gasteiger partial charge in [-0.2, -0.15) is 0 Å². The van der Waals surface area contributed by atoms with Gasteiger partial charge >= 0.3 is 5.97 Å². The van der Waals surface area contributed by atoms with E-state index < -0.39 is 11.9 Å². The van der Waals surface area contributed by atoms with Gasteiger partial charge in [0.2, 0.25) is 11.8 Å². The first-order valence-electron chi connectivity index (χ1n) is 9.88. The van der Waals surface area contributed by atoms with Crippen molar-refractivity contribution in [1.29, 1.82) is 0 Å². The zero-order valence-electron chi connectivity index (χ0n) is 17.0. The molecule has 0 radical (unpaired) electrons. The largest absolute Gasteiger partial charge is 0.462 e. The van der Waals surface area contributed by atoms with E-state index in [2.05, 4.69) is 19.2 Å². The van der Waals surface area contributed by atoms with Crippen LogP contribution in [0, 0.1) is 5.92 Å². The molecule has 0 spiro atoms. The number of nitrogens with one attached hydrogen (secondary N) is 1. The summed E-state index contributed by atoms with van der Waals surface area (Å²) in [5.41, 5.74) is 2.68. The van der Waals surface area contributed by atoms with Gasteiger partial charge in [-0.05, 0) is 42.7 Å². The van der Waals surface area contributed by atoms with Crippen LogP contribution in [0.15, 0.2) is 48.5 Å². The number of esters is 1. The maximum Gasteiger partial charge on any atom is 0.340 e. The summed E-state index contributed by atoms with van der Waals surface area (Å²) in [4.78, 5) is 39.0. The summed E-state index contributed by atoms with van der Waals surface area (Å²) >= 11 is 0. The second-order valence-electron chi connectivity index (χ2n) is 7.41. The summed E-state index contributed by atoms with van der Waals surface area (Å²) in [6, 6.07) is 14.6. The fourth-order valence-corrected chi connectivity index (χ4v) is 3.39. The highest BCUT2D eigenvalue weighted by Crippen LogP contribution is 2.28. The van der Waals surface area contributed by atoms with Crippen molar-refractivity contribution in [3.63, 3.8) is 0 Å². The Kier molecular flexibility index (Phi) is 6.32. The SMILES string of the molecule is CCOC(=O)c1ccccc1NC(=O)C1CC(=O)N(c2ccc(C(C)C)cc2)C1. The van der Waals surface area contributed by atoms with Crippen LogP contribution < -0.4 is 10.2 Å². The van der Waals surface area contributed by atoms with Gasteiger partial charge in [0.15, 0.2) is 0 Å². The molecule has 29 heavy (non-hydrogen) atoms. The second-order valence-corrected chi connectivity index (χ2v) is 7.41. The Morgan fingerprint density at radius 1 is 1.14 bits per heavy atom. The van der Waals surface area contributed by atoms with Crippen LogP contribution in [-0.2, 0) is 14.3 Å². The lowest BCUT2D eigenvalue weighted by Crippen LogP contribution is -2.28. The molecule has 6 heteroatoms. The summed E-state index contributed by atoms with van der Waals surface area (Å²) in [5, 5.41) is 2.79. The molecular formula is C23H26N2O4. The third kappa shape index (κ3) is 4.65. The van der Waals surface area contributed by atoms with E-state index in [1.54, 1.807) is 36.1 Å². The Labute approximate surface area is 170 Å². The molecule has 0 bridgehead atoms. The van der Waals surface area contributed by atoms with E-state index in [0.29, 0.717) is 23.7 Å². The predicted molar refractivity (Wildman–Crippen MR) is 112 cm³/mol. The Morgan fingerprint density at radius 3 is 2.48 bits per heavy atom. The zero-order chi connectivity index (χ0) is 21.0. The number of nitrogens with zero attached hydrogens (tertiary/aromatic N) is 1. The van der Waals surface area contributed by atoms with Crippen molar-refractivity contribution >= 4 is 29.2 Å². The van der Waals surface area contributed by atoms with Crippen LogP contribution in [0.1, 0.15) is 49.0 Å². The normalized spacial score (nSPS) is 16.2. The number of anilines is 2. The molecule has 1 aliphatic heterocycles. The minimum absolute atomic E-state index is 0.0823. The quantitative estimate of drug-likeness (QED) is 0.752. The highest BCUT2D eigenvalue weighted by atomic mass is 16.5. The fourth-order valence-electron chi connectivity index (χ4n) is 3.39. The van der Waals surface area contributed by atoms with Crippen LogP contribution in [0.5, 0.6) is 0 Å².